The molecule has 1 aliphatic heterocycles. The van der Waals surface area contributed by atoms with Crippen molar-refractivity contribution in [2.24, 2.45) is 0 Å². The number of aryl methyl sites for hydroxylation is 1. The minimum atomic E-state index is -0.296. The third kappa shape index (κ3) is 4.10. The van der Waals surface area contributed by atoms with Crippen LogP contribution in [0.3, 0.4) is 0 Å². The number of piperidine rings is 1. The fourth-order valence-corrected chi connectivity index (χ4v) is 3.54. The molecule has 1 saturated heterocycles. The van der Waals surface area contributed by atoms with Gasteiger partial charge in [-0.25, -0.2) is 9.97 Å². The first-order valence-corrected chi connectivity index (χ1v) is 9.14. The van der Waals surface area contributed by atoms with Crippen LogP contribution in [0, 0.1) is 0 Å². The first-order chi connectivity index (χ1) is 11.7. The Balaban J connectivity index is 1.57. The summed E-state index contributed by atoms with van der Waals surface area (Å²) in [4.78, 5) is 23.1. The second-order valence-corrected chi connectivity index (χ2v) is 6.86. The molecular formula is C17H22N4O2S. The van der Waals surface area contributed by atoms with E-state index in [1.165, 1.54) is 0 Å². The van der Waals surface area contributed by atoms with E-state index in [-0.39, 0.29) is 12.0 Å². The van der Waals surface area contributed by atoms with Gasteiger partial charge in [0.2, 0.25) is 0 Å². The predicted molar refractivity (Wildman–Crippen MR) is 94.4 cm³/mol. The van der Waals surface area contributed by atoms with Crippen LogP contribution in [0.25, 0.3) is 0 Å². The summed E-state index contributed by atoms with van der Waals surface area (Å²) < 4.78 is 0. The van der Waals surface area contributed by atoms with E-state index in [0.29, 0.717) is 18.7 Å². The Bertz CT molecular complexity index is 686. The number of rotatable bonds is 5. The number of amides is 1. The Morgan fingerprint density at radius 1 is 1.50 bits per heavy atom. The summed E-state index contributed by atoms with van der Waals surface area (Å²) in [7, 11) is 0. The number of carbonyl (C=O) groups excluding carboxylic acids is 1. The highest BCUT2D eigenvalue weighted by Gasteiger charge is 2.19. The number of pyridine rings is 1. The topological polar surface area (TPSA) is 78.4 Å². The molecule has 3 rings (SSSR count). The van der Waals surface area contributed by atoms with Gasteiger partial charge in [0.1, 0.15) is 10.8 Å². The van der Waals surface area contributed by atoms with Crippen molar-refractivity contribution >= 4 is 23.1 Å². The molecule has 0 unspecified atom stereocenters. The van der Waals surface area contributed by atoms with Gasteiger partial charge in [-0.3, -0.25) is 4.79 Å². The summed E-state index contributed by atoms with van der Waals surface area (Å²) in [5.74, 6) is 0.652. The number of aliphatic hydroxyl groups excluding tert-OH is 1. The maximum atomic E-state index is 12.2. The van der Waals surface area contributed by atoms with Gasteiger partial charge in [-0.15, -0.1) is 11.3 Å². The summed E-state index contributed by atoms with van der Waals surface area (Å²) >= 11 is 1.56. The second-order valence-electron chi connectivity index (χ2n) is 5.92. The molecule has 6 nitrogen and oxygen atoms in total. The predicted octanol–water partition coefficient (Wildman–Crippen LogP) is 1.99. The van der Waals surface area contributed by atoms with Crippen molar-refractivity contribution in [3.05, 3.63) is 40.0 Å². The highest BCUT2D eigenvalue weighted by atomic mass is 32.1. The van der Waals surface area contributed by atoms with Crippen molar-refractivity contribution < 1.29 is 9.90 Å². The quantitative estimate of drug-likeness (QED) is 0.866. The van der Waals surface area contributed by atoms with Gasteiger partial charge in [-0.05, 0) is 31.4 Å². The van der Waals surface area contributed by atoms with Crippen LogP contribution in [0.4, 0.5) is 5.82 Å². The van der Waals surface area contributed by atoms with Crippen molar-refractivity contribution in [2.75, 3.05) is 18.0 Å². The van der Waals surface area contributed by atoms with E-state index < -0.39 is 0 Å². The summed E-state index contributed by atoms with van der Waals surface area (Å²) in [6.45, 7) is 3.98. The number of thiazole rings is 1. The lowest BCUT2D eigenvalue weighted by molar-refractivity contribution is 0.0950. The van der Waals surface area contributed by atoms with Crippen LogP contribution in [0.2, 0.25) is 0 Å². The number of aromatic nitrogens is 2. The zero-order chi connectivity index (χ0) is 16.9. The minimum Gasteiger partial charge on any atom is -0.391 e. The fraction of sp³-hybridized carbons (Fsp3) is 0.471. The van der Waals surface area contributed by atoms with Crippen LogP contribution in [0.5, 0.6) is 0 Å². The van der Waals surface area contributed by atoms with Gasteiger partial charge in [-0.1, -0.05) is 6.92 Å². The standard InChI is InChI=1S/C17H22N4O2S/c1-2-13-11-24-16(20-13)9-19-17(23)12-5-6-15(18-8-12)21-7-3-4-14(22)10-21/h5-6,8,11,14,22H,2-4,7,9-10H2,1H3,(H,19,23)/t14-/m1/s1. The van der Waals surface area contributed by atoms with Gasteiger partial charge >= 0.3 is 0 Å². The van der Waals surface area contributed by atoms with E-state index in [4.69, 9.17) is 0 Å². The molecule has 2 aromatic heterocycles. The molecule has 128 valence electrons. The van der Waals surface area contributed by atoms with Crippen molar-refractivity contribution in [1.29, 1.82) is 0 Å². The van der Waals surface area contributed by atoms with E-state index in [0.717, 1.165) is 42.3 Å². The van der Waals surface area contributed by atoms with Gasteiger partial charge in [0.15, 0.2) is 0 Å². The van der Waals surface area contributed by atoms with E-state index in [2.05, 4.69) is 27.1 Å². The Kier molecular flexibility index (Phi) is 5.42. The highest BCUT2D eigenvalue weighted by Crippen LogP contribution is 2.18. The SMILES string of the molecule is CCc1csc(CNC(=O)c2ccc(N3CCC[C@@H](O)C3)nc2)n1. The molecule has 24 heavy (non-hydrogen) atoms. The van der Waals surface area contributed by atoms with Crippen LogP contribution in [-0.2, 0) is 13.0 Å². The van der Waals surface area contributed by atoms with Crippen LogP contribution in [-0.4, -0.2) is 40.2 Å². The Morgan fingerprint density at radius 2 is 2.38 bits per heavy atom. The fourth-order valence-electron chi connectivity index (χ4n) is 2.72. The van der Waals surface area contributed by atoms with Crippen molar-refractivity contribution in [3.63, 3.8) is 0 Å². The second kappa shape index (κ2) is 7.72. The van der Waals surface area contributed by atoms with Crippen LogP contribution < -0.4 is 10.2 Å². The van der Waals surface area contributed by atoms with Gasteiger partial charge < -0.3 is 15.3 Å². The number of aliphatic hydroxyl groups is 1. The van der Waals surface area contributed by atoms with Gasteiger partial charge in [0, 0.05) is 24.7 Å². The van der Waals surface area contributed by atoms with Gasteiger partial charge in [0.25, 0.3) is 5.91 Å². The third-order valence-electron chi connectivity index (χ3n) is 4.09. The average molecular weight is 346 g/mol. The first kappa shape index (κ1) is 16.9. The number of carbonyl (C=O) groups is 1. The van der Waals surface area contributed by atoms with Crippen molar-refractivity contribution in [3.8, 4) is 0 Å². The molecule has 0 saturated carbocycles. The Hall–Kier alpha value is -1.99. The number of nitrogens with zero attached hydrogens (tertiary/aromatic N) is 3. The van der Waals surface area contributed by atoms with Crippen LogP contribution >= 0.6 is 11.3 Å². The van der Waals surface area contributed by atoms with Crippen LogP contribution in [0.15, 0.2) is 23.7 Å². The Labute approximate surface area is 145 Å². The first-order valence-electron chi connectivity index (χ1n) is 8.26. The molecule has 1 aliphatic rings. The average Bonchev–Trinajstić information content (AvgIpc) is 3.08. The maximum absolute atomic E-state index is 12.2. The van der Waals surface area contributed by atoms with Crippen molar-refractivity contribution in [2.45, 2.75) is 38.8 Å². The third-order valence-corrected chi connectivity index (χ3v) is 4.99. The molecule has 0 aliphatic carbocycles. The van der Waals surface area contributed by atoms with Gasteiger partial charge in [-0.2, -0.15) is 0 Å². The molecule has 0 spiro atoms. The molecule has 1 atom stereocenters. The summed E-state index contributed by atoms with van der Waals surface area (Å²) in [6, 6.07) is 3.61. The van der Waals surface area contributed by atoms with E-state index >= 15 is 0 Å². The van der Waals surface area contributed by atoms with Gasteiger partial charge in [0.05, 0.1) is 23.9 Å². The summed E-state index contributed by atoms with van der Waals surface area (Å²) in [5, 5.41) is 15.5. The summed E-state index contributed by atoms with van der Waals surface area (Å²) in [6.07, 6.45) is 3.99. The largest absolute Gasteiger partial charge is 0.391 e. The van der Waals surface area contributed by atoms with E-state index in [9.17, 15) is 9.90 Å². The minimum absolute atomic E-state index is 0.152. The number of hydrogen-bond donors (Lipinski definition) is 2. The van der Waals surface area contributed by atoms with Crippen LogP contribution in [0.1, 0.15) is 40.8 Å². The molecule has 0 aromatic carbocycles. The molecule has 2 aromatic rings. The monoisotopic (exact) mass is 346 g/mol. The Morgan fingerprint density at radius 3 is 3.04 bits per heavy atom. The molecule has 0 radical (unpaired) electrons. The normalized spacial score (nSPS) is 17.8. The zero-order valence-electron chi connectivity index (χ0n) is 13.7. The lowest BCUT2D eigenvalue weighted by Gasteiger charge is -2.30. The number of nitrogens with one attached hydrogen (secondary N) is 1. The number of anilines is 1. The highest BCUT2D eigenvalue weighted by molar-refractivity contribution is 7.09. The number of β-amino-alcohol motifs (C(OH)–C–C–N with tert-alkyl or cyclic N) is 1. The molecule has 0 bridgehead atoms. The zero-order valence-corrected chi connectivity index (χ0v) is 14.6. The lowest BCUT2D eigenvalue weighted by atomic mass is 10.1. The summed E-state index contributed by atoms with van der Waals surface area (Å²) in [5.41, 5.74) is 1.59. The number of hydrogen-bond acceptors (Lipinski definition) is 6. The molecule has 1 fully saturated rings. The smallest absolute Gasteiger partial charge is 0.253 e. The molecular weight excluding hydrogens is 324 g/mol. The molecule has 3 heterocycles. The molecule has 1 amide bonds. The van der Waals surface area contributed by atoms with Crippen molar-refractivity contribution in [1.82, 2.24) is 15.3 Å². The van der Waals surface area contributed by atoms with E-state index in [1.54, 1.807) is 23.6 Å². The maximum Gasteiger partial charge on any atom is 0.253 e. The molecule has 2 N–H and O–H groups in total. The van der Waals surface area contributed by atoms with E-state index in [1.807, 2.05) is 11.4 Å². The molecule has 7 heteroatoms. The lowest BCUT2D eigenvalue weighted by Crippen LogP contribution is -2.38.